The van der Waals surface area contributed by atoms with Gasteiger partial charge in [0.05, 0.1) is 16.7 Å². The second-order valence-corrected chi connectivity index (χ2v) is 6.53. The zero-order valence-corrected chi connectivity index (χ0v) is 10.5. The highest BCUT2D eigenvalue weighted by Gasteiger charge is 2.39. The molecule has 0 aromatic carbocycles. The molecule has 3 nitrogen and oxygen atoms in total. The van der Waals surface area contributed by atoms with Gasteiger partial charge in [-0.2, -0.15) is 5.26 Å². The van der Waals surface area contributed by atoms with E-state index >= 15 is 0 Å². The Labute approximate surface area is 101 Å². The van der Waals surface area contributed by atoms with Crippen LogP contribution in [-0.4, -0.2) is 22.4 Å². The van der Waals surface area contributed by atoms with Gasteiger partial charge in [0, 0.05) is 6.04 Å². The van der Waals surface area contributed by atoms with Crippen LogP contribution in [0.15, 0.2) is 0 Å². The molecule has 2 fully saturated rings. The molecule has 2 rings (SSSR count). The number of thioether (sulfide) groups is 1. The van der Waals surface area contributed by atoms with Crippen molar-refractivity contribution in [3.05, 3.63) is 0 Å². The topological polar surface area (TPSA) is 52.9 Å². The Morgan fingerprint density at radius 3 is 2.94 bits per heavy atom. The summed E-state index contributed by atoms with van der Waals surface area (Å²) in [6.07, 6.45) is 5.05. The van der Waals surface area contributed by atoms with Crippen LogP contribution in [0.25, 0.3) is 0 Å². The summed E-state index contributed by atoms with van der Waals surface area (Å²) < 4.78 is -0.247. The van der Waals surface area contributed by atoms with E-state index in [4.69, 9.17) is 5.26 Å². The molecule has 2 aliphatic rings. The van der Waals surface area contributed by atoms with Gasteiger partial charge in [-0.05, 0) is 44.8 Å². The molecule has 0 aromatic rings. The molecule has 3 atom stereocenters. The van der Waals surface area contributed by atoms with E-state index in [1.807, 2.05) is 6.92 Å². The smallest absolute Gasteiger partial charge is 0.236 e. The SMILES string of the molecule is CC1(C(=O)NC2CCCC2C#N)CCCS1. The number of carbonyl (C=O) groups is 1. The molecule has 1 amide bonds. The highest BCUT2D eigenvalue weighted by molar-refractivity contribution is 8.01. The van der Waals surface area contributed by atoms with Gasteiger partial charge in [-0.1, -0.05) is 0 Å². The normalized spacial score (nSPS) is 38.2. The summed E-state index contributed by atoms with van der Waals surface area (Å²) in [7, 11) is 0. The van der Waals surface area contributed by atoms with Gasteiger partial charge < -0.3 is 5.32 Å². The maximum absolute atomic E-state index is 12.1. The molecule has 1 saturated carbocycles. The van der Waals surface area contributed by atoms with E-state index in [1.54, 1.807) is 11.8 Å². The average Bonchev–Trinajstić information content (AvgIpc) is 2.87. The van der Waals surface area contributed by atoms with Crippen LogP contribution < -0.4 is 5.32 Å². The molecule has 16 heavy (non-hydrogen) atoms. The van der Waals surface area contributed by atoms with E-state index in [2.05, 4.69) is 11.4 Å². The average molecular weight is 238 g/mol. The second kappa shape index (κ2) is 4.67. The summed E-state index contributed by atoms with van der Waals surface area (Å²) in [6.45, 7) is 2.02. The van der Waals surface area contributed by atoms with E-state index in [1.165, 1.54) is 0 Å². The zero-order chi connectivity index (χ0) is 11.6. The summed E-state index contributed by atoms with van der Waals surface area (Å²) in [4.78, 5) is 12.1. The monoisotopic (exact) mass is 238 g/mol. The highest BCUT2D eigenvalue weighted by Crippen LogP contribution is 2.38. The van der Waals surface area contributed by atoms with Crippen LogP contribution in [0.3, 0.4) is 0 Å². The first-order valence-electron chi connectivity index (χ1n) is 6.00. The summed E-state index contributed by atoms with van der Waals surface area (Å²) in [5.74, 6) is 1.25. The highest BCUT2D eigenvalue weighted by atomic mass is 32.2. The molecule has 4 heteroatoms. The molecule has 88 valence electrons. The maximum atomic E-state index is 12.1. The Kier molecular flexibility index (Phi) is 3.44. The minimum Gasteiger partial charge on any atom is -0.351 e. The van der Waals surface area contributed by atoms with Gasteiger partial charge in [0.15, 0.2) is 0 Å². The third-order valence-electron chi connectivity index (χ3n) is 3.70. The number of nitriles is 1. The number of rotatable bonds is 2. The molecule has 0 radical (unpaired) electrons. The maximum Gasteiger partial charge on any atom is 0.236 e. The van der Waals surface area contributed by atoms with Gasteiger partial charge in [-0.15, -0.1) is 11.8 Å². The number of nitrogens with zero attached hydrogens (tertiary/aromatic N) is 1. The number of nitrogens with one attached hydrogen (secondary N) is 1. The molecular formula is C12H18N2OS. The summed E-state index contributed by atoms with van der Waals surface area (Å²) in [5.41, 5.74) is 0. The molecule has 0 aromatic heterocycles. The van der Waals surface area contributed by atoms with Gasteiger partial charge in [-0.25, -0.2) is 0 Å². The fraction of sp³-hybridized carbons (Fsp3) is 0.833. The molecule has 0 bridgehead atoms. The van der Waals surface area contributed by atoms with Crippen molar-refractivity contribution in [2.24, 2.45) is 5.92 Å². The Morgan fingerprint density at radius 1 is 1.50 bits per heavy atom. The first-order chi connectivity index (χ1) is 7.65. The van der Waals surface area contributed by atoms with Gasteiger partial charge in [0.1, 0.15) is 0 Å². The molecule has 1 N–H and O–H groups in total. The summed E-state index contributed by atoms with van der Waals surface area (Å²) >= 11 is 1.75. The van der Waals surface area contributed by atoms with Crippen LogP contribution in [0.1, 0.15) is 39.0 Å². The standard InChI is InChI=1S/C12H18N2OS/c1-12(6-3-7-16-12)11(15)14-10-5-2-4-9(10)8-13/h9-10H,2-7H2,1H3,(H,14,15). The predicted molar refractivity (Wildman–Crippen MR) is 65.0 cm³/mol. The van der Waals surface area contributed by atoms with Crippen LogP contribution in [0, 0.1) is 17.2 Å². The molecular weight excluding hydrogens is 220 g/mol. The van der Waals surface area contributed by atoms with Crippen molar-refractivity contribution in [2.75, 3.05) is 5.75 Å². The van der Waals surface area contributed by atoms with Crippen molar-refractivity contribution in [1.29, 1.82) is 5.26 Å². The minimum atomic E-state index is -0.247. The van der Waals surface area contributed by atoms with Crippen molar-refractivity contribution >= 4 is 17.7 Å². The van der Waals surface area contributed by atoms with Gasteiger partial charge in [0.25, 0.3) is 0 Å². The minimum absolute atomic E-state index is 0.0268. The lowest BCUT2D eigenvalue weighted by Gasteiger charge is -2.25. The van der Waals surface area contributed by atoms with E-state index in [-0.39, 0.29) is 22.6 Å². The Hall–Kier alpha value is -0.690. The van der Waals surface area contributed by atoms with Crippen LogP contribution in [0.5, 0.6) is 0 Å². The van der Waals surface area contributed by atoms with Crippen molar-refractivity contribution in [1.82, 2.24) is 5.32 Å². The van der Waals surface area contributed by atoms with Crippen LogP contribution in [0.2, 0.25) is 0 Å². The number of carbonyl (C=O) groups excluding carboxylic acids is 1. The van der Waals surface area contributed by atoms with Gasteiger partial charge in [-0.3, -0.25) is 4.79 Å². The van der Waals surface area contributed by atoms with E-state index in [0.717, 1.165) is 37.9 Å². The number of amides is 1. The third-order valence-corrected chi connectivity index (χ3v) is 5.22. The quantitative estimate of drug-likeness (QED) is 0.801. The summed E-state index contributed by atoms with van der Waals surface area (Å²) in [6, 6.07) is 2.39. The largest absolute Gasteiger partial charge is 0.351 e. The molecule has 1 saturated heterocycles. The lowest BCUT2D eigenvalue weighted by atomic mass is 10.0. The van der Waals surface area contributed by atoms with E-state index < -0.39 is 0 Å². The van der Waals surface area contributed by atoms with E-state index in [9.17, 15) is 4.79 Å². The fourth-order valence-electron chi connectivity index (χ4n) is 2.57. The predicted octanol–water partition coefficient (Wildman–Crippen LogP) is 2.08. The van der Waals surface area contributed by atoms with Crippen LogP contribution in [-0.2, 0) is 4.79 Å². The molecule has 1 aliphatic heterocycles. The second-order valence-electron chi connectivity index (χ2n) is 4.93. The van der Waals surface area contributed by atoms with Crippen LogP contribution >= 0.6 is 11.8 Å². The Bertz CT molecular complexity index is 317. The van der Waals surface area contributed by atoms with Crippen LogP contribution in [0.4, 0.5) is 0 Å². The van der Waals surface area contributed by atoms with Crippen molar-refractivity contribution in [2.45, 2.75) is 49.8 Å². The number of hydrogen-bond acceptors (Lipinski definition) is 3. The van der Waals surface area contributed by atoms with Crippen molar-refractivity contribution < 1.29 is 4.79 Å². The van der Waals surface area contributed by atoms with Gasteiger partial charge >= 0.3 is 0 Å². The molecule has 3 unspecified atom stereocenters. The lowest BCUT2D eigenvalue weighted by molar-refractivity contribution is -0.123. The van der Waals surface area contributed by atoms with Gasteiger partial charge in [0.2, 0.25) is 5.91 Å². The Balaban J connectivity index is 1.94. The summed E-state index contributed by atoms with van der Waals surface area (Å²) in [5, 5.41) is 12.1. The van der Waals surface area contributed by atoms with Crippen molar-refractivity contribution in [3.63, 3.8) is 0 Å². The van der Waals surface area contributed by atoms with Crippen molar-refractivity contribution in [3.8, 4) is 6.07 Å². The lowest BCUT2D eigenvalue weighted by Crippen LogP contribution is -2.46. The number of hydrogen-bond donors (Lipinski definition) is 1. The first-order valence-corrected chi connectivity index (χ1v) is 6.99. The molecule has 0 spiro atoms. The van der Waals surface area contributed by atoms with E-state index in [0.29, 0.717) is 0 Å². The molecule has 1 aliphatic carbocycles. The first kappa shape index (κ1) is 11.8. The Morgan fingerprint density at radius 2 is 2.31 bits per heavy atom. The fourth-order valence-corrected chi connectivity index (χ4v) is 3.78. The zero-order valence-electron chi connectivity index (χ0n) is 9.66. The molecule has 1 heterocycles. The third kappa shape index (κ3) is 2.20.